The summed E-state index contributed by atoms with van der Waals surface area (Å²) in [4.78, 5) is 0.493. The van der Waals surface area contributed by atoms with Crippen molar-refractivity contribution >= 4 is 38.6 Å². The van der Waals surface area contributed by atoms with Crippen LogP contribution in [0.1, 0.15) is 4.88 Å². The smallest absolute Gasteiger partial charge is 0.251 e. The molecule has 0 saturated heterocycles. The van der Waals surface area contributed by atoms with Crippen molar-refractivity contribution < 1.29 is 17.2 Å². The van der Waals surface area contributed by atoms with Crippen molar-refractivity contribution in [3.63, 3.8) is 0 Å². The normalized spacial score (nSPS) is 11.9. The van der Waals surface area contributed by atoms with E-state index in [1.165, 1.54) is 12.1 Å². The van der Waals surface area contributed by atoms with Crippen LogP contribution < -0.4 is 10.5 Å². The van der Waals surface area contributed by atoms with Gasteiger partial charge in [-0.15, -0.1) is 11.3 Å². The fourth-order valence-corrected chi connectivity index (χ4v) is 3.24. The number of thiocarbonyl (C=S) groups is 1. The Bertz CT molecular complexity index is 484. The minimum Gasteiger partial charge on any atom is -0.389 e. The molecule has 0 fully saturated rings. The molecule has 9 heteroatoms. The lowest BCUT2D eigenvalue weighted by Crippen LogP contribution is -2.28. The number of halogens is 2. The number of thiophene rings is 1. The van der Waals surface area contributed by atoms with Crippen molar-refractivity contribution in [2.24, 2.45) is 5.73 Å². The van der Waals surface area contributed by atoms with Crippen LogP contribution in [-0.2, 0) is 10.0 Å². The molecule has 0 aliphatic rings. The molecule has 0 aliphatic carbocycles. The van der Waals surface area contributed by atoms with Gasteiger partial charge in [0.2, 0.25) is 10.0 Å². The fourth-order valence-electron chi connectivity index (χ4n) is 0.841. The third-order valence-electron chi connectivity index (χ3n) is 1.52. The van der Waals surface area contributed by atoms with Crippen molar-refractivity contribution in [1.29, 1.82) is 0 Å². The molecule has 0 aromatic carbocycles. The minimum atomic E-state index is -3.89. The zero-order valence-corrected chi connectivity index (χ0v) is 10.3. The van der Waals surface area contributed by atoms with E-state index in [1.807, 2.05) is 0 Å². The molecule has 0 aliphatic heterocycles. The van der Waals surface area contributed by atoms with E-state index in [0.717, 1.165) is 11.3 Å². The first kappa shape index (κ1) is 13.4. The Morgan fingerprint density at radius 1 is 1.56 bits per heavy atom. The number of rotatable bonds is 5. The van der Waals surface area contributed by atoms with E-state index < -0.39 is 23.0 Å². The van der Waals surface area contributed by atoms with E-state index >= 15 is 0 Å². The molecule has 90 valence electrons. The van der Waals surface area contributed by atoms with Crippen molar-refractivity contribution in [2.75, 3.05) is 6.54 Å². The highest BCUT2D eigenvalue weighted by molar-refractivity contribution is 7.91. The average molecular weight is 286 g/mol. The van der Waals surface area contributed by atoms with Crippen LogP contribution in [0.25, 0.3) is 0 Å². The zero-order chi connectivity index (χ0) is 12.3. The number of alkyl halides is 2. The summed E-state index contributed by atoms with van der Waals surface area (Å²) >= 11 is 5.50. The van der Waals surface area contributed by atoms with Crippen LogP contribution >= 0.6 is 23.6 Å². The first-order chi connectivity index (χ1) is 7.33. The van der Waals surface area contributed by atoms with Gasteiger partial charge in [0.1, 0.15) is 9.20 Å². The summed E-state index contributed by atoms with van der Waals surface area (Å²) in [6, 6.07) is 2.71. The first-order valence-corrected chi connectivity index (χ1v) is 6.71. The Kier molecular flexibility index (Phi) is 4.30. The Morgan fingerprint density at radius 2 is 2.19 bits per heavy atom. The highest BCUT2D eigenvalue weighted by Gasteiger charge is 2.18. The summed E-state index contributed by atoms with van der Waals surface area (Å²) < 4.78 is 48.3. The number of sulfonamides is 1. The van der Waals surface area contributed by atoms with Gasteiger partial charge in [-0.05, 0) is 12.1 Å². The molecule has 0 atom stereocenters. The monoisotopic (exact) mass is 286 g/mol. The van der Waals surface area contributed by atoms with Crippen molar-refractivity contribution in [1.82, 2.24) is 4.72 Å². The van der Waals surface area contributed by atoms with Crippen molar-refractivity contribution in [3.8, 4) is 0 Å². The molecule has 1 aromatic heterocycles. The van der Waals surface area contributed by atoms with Crippen LogP contribution in [0.4, 0.5) is 8.78 Å². The second-order valence-corrected chi connectivity index (χ2v) is 6.24. The lowest BCUT2D eigenvalue weighted by atomic mass is 10.5. The molecule has 1 aromatic rings. The summed E-state index contributed by atoms with van der Waals surface area (Å²) in [6.45, 7) is -0.914. The van der Waals surface area contributed by atoms with Gasteiger partial charge in [0, 0.05) is 0 Å². The van der Waals surface area contributed by atoms with Gasteiger partial charge in [-0.3, -0.25) is 0 Å². The van der Waals surface area contributed by atoms with E-state index in [-0.39, 0.29) is 9.20 Å². The van der Waals surface area contributed by atoms with Crippen LogP contribution in [-0.4, -0.2) is 26.4 Å². The van der Waals surface area contributed by atoms with Gasteiger partial charge < -0.3 is 5.73 Å². The molecule has 1 heterocycles. The van der Waals surface area contributed by atoms with E-state index in [1.54, 1.807) is 4.72 Å². The van der Waals surface area contributed by atoms with Gasteiger partial charge in [-0.2, -0.15) is 0 Å². The maximum absolute atomic E-state index is 11.8. The zero-order valence-electron chi connectivity index (χ0n) is 7.81. The molecular weight excluding hydrogens is 278 g/mol. The number of hydrogen-bond acceptors (Lipinski definition) is 4. The van der Waals surface area contributed by atoms with E-state index in [2.05, 4.69) is 12.2 Å². The standard InChI is InChI=1S/C7H8F2N2O2S3/c8-5(9)3-11-16(12,13)6-2-1-4(15-6)7(10)14/h1-2,5,11H,3H2,(H2,10,14). The lowest BCUT2D eigenvalue weighted by molar-refractivity contribution is 0.153. The maximum atomic E-state index is 11.8. The number of nitrogens with one attached hydrogen (secondary N) is 1. The second kappa shape index (κ2) is 5.13. The Morgan fingerprint density at radius 3 is 2.62 bits per heavy atom. The molecular formula is C7H8F2N2O2S3. The van der Waals surface area contributed by atoms with Crippen LogP contribution in [0.2, 0.25) is 0 Å². The van der Waals surface area contributed by atoms with Gasteiger partial charge in [-0.25, -0.2) is 21.9 Å². The van der Waals surface area contributed by atoms with Crippen LogP contribution in [0, 0.1) is 0 Å². The van der Waals surface area contributed by atoms with E-state index in [4.69, 9.17) is 5.73 Å². The molecule has 0 spiro atoms. The van der Waals surface area contributed by atoms with Crippen LogP contribution in [0.3, 0.4) is 0 Å². The predicted octanol–water partition coefficient (Wildman–Crippen LogP) is 0.926. The number of nitrogens with two attached hydrogens (primary N) is 1. The SMILES string of the molecule is NC(=S)c1ccc(S(=O)(=O)NCC(F)F)s1. The highest BCUT2D eigenvalue weighted by atomic mass is 32.2. The second-order valence-electron chi connectivity index (χ2n) is 2.73. The molecule has 1 rings (SSSR count). The van der Waals surface area contributed by atoms with Gasteiger partial charge >= 0.3 is 0 Å². The fraction of sp³-hybridized carbons (Fsp3) is 0.286. The molecule has 0 radical (unpaired) electrons. The van der Waals surface area contributed by atoms with Gasteiger partial charge in [-0.1, -0.05) is 12.2 Å². The molecule has 0 saturated carbocycles. The molecule has 0 amide bonds. The Balaban J connectivity index is 2.86. The largest absolute Gasteiger partial charge is 0.389 e. The van der Waals surface area contributed by atoms with Gasteiger partial charge in [0.15, 0.2) is 0 Å². The predicted molar refractivity (Wildman–Crippen MR) is 61.4 cm³/mol. The molecule has 4 nitrogen and oxygen atoms in total. The number of hydrogen-bond donors (Lipinski definition) is 2. The maximum Gasteiger partial charge on any atom is 0.251 e. The van der Waals surface area contributed by atoms with E-state index in [0.29, 0.717) is 4.88 Å². The topological polar surface area (TPSA) is 72.2 Å². The van der Waals surface area contributed by atoms with Gasteiger partial charge in [0.25, 0.3) is 6.43 Å². The van der Waals surface area contributed by atoms with Crippen molar-refractivity contribution in [3.05, 3.63) is 17.0 Å². The van der Waals surface area contributed by atoms with E-state index in [9.17, 15) is 17.2 Å². The first-order valence-electron chi connectivity index (χ1n) is 4.00. The lowest BCUT2D eigenvalue weighted by Gasteiger charge is -2.02. The van der Waals surface area contributed by atoms with Crippen molar-refractivity contribution in [2.45, 2.75) is 10.6 Å². The van der Waals surface area contributed by atoms with Gasteiger partial charge in [0.05, 0.1) is 11.4 Å². The average Bonchev–Trinajstić information content (AvgIpc) is 2.64. The molecule has 3 N–H and O–H groups in total. The molecule has 0 unspecified atom stereocenters. The summed E-state index contributed by atoms with van der Waals surface area (Å²) in [5, 5.41) is 0. The quantitative estimate of drug-likeness (QED) is 0.790. The summed E-state index contributed by atoms with van der Waals surface area (Å²) in [7, 11) is -3.89. The third kappa shape index (κ3) is 3.44. The molecule has 16 heavy (non-hydrogen) atoms. The summed E-state index contributed by atoms with van der Waals surface area (Å²) in [5.74, 6) is 0. The van der Waals surface area contributed by atoms with Crippen LogP contribution in [0.15, 0.2) is 16.3 Å². The third-order valence-corrected chi connectivity index (χ3v) is 4.90. The summed E-state index contributed by atoms with van der Waals surface area (Å²) in [6.07, 6.45) is -2.73. The highest BCUT2D eigenvalue weighted by Crippen LogP contribution is 2.21. The Hall–Kier alpha value is -0.640. The Labute approximate surface area is 101 Å². The molecule has 0 bridgehead atoms. The summed E-state index contributed by atoms with van der Waals surface area (Å²) in [5.41, 5.74) is 5.30. The minimum absolute atomic E-state index is 0.0697. The van der Waals surface area contributed by atoms with Crippen LogP contribution in [0.5, 0.6) is 0 Å².